The topological polar surface area (TPSA) is 57.1 Å². The Bertz CT molecular complexity index is 1240. The predicted molar refractivity (Wildman–Crippen MR) is 121 cm³/mol. The van der Waals surface area contributed by atoms with E-state index in [1.807, 2.05) is 0 Å². The predicted octanol–water partition coefficient (Wildman–Crippen LogP) is 6.06. The first-order valence-electron chi connectivity index (χ1n) is 9.47. The Balaban J connectivity index is 1.57. The van der Waals surface area contributed by atoms with E-state index in [9.17, 15) is 9.18 Å². The van der Waals surface area contributed by atoms with Gasteiger partial charge >= 0.3 is 5.97 Å². The summed E-state index contributed by atoms with van der Waals surface area (Å²) >= 11 is 12.4. The van der Waals surface area contributed by atoms with E-state index >= 15 is 0 Å². The Morgan fingerprint density at radius 3 is 2.50 bits per heavy atom. The van der Waals surface area contributed by atoms with Crippen LogP contribution >= 0.6 is 23.2 Å². The van der Waals surface area contributed by atoms with E-state index in [2.05, 4.69) is 4.99 Å². The van der Waals surface area contributed by atoms with Crippen LogP contribution in [0.25, 0.3) is 6.08 Å². The molecule has 0 bridgehead atoms. The molecule has 0 unspecified atom stereocenters. The maximum absolute atomic E-state index is 14.0. The highest BCUT2D eigenvalue weighted by molar-refractivity contribution is 6.35. The molecule has 32 heavy (non-hydrogen) atoms. The van der Waals surface area contributed by atoms with E-state index in [-0.39, 0.29) is 23.8 Å². The van der Waals surface area contributed by atoms with Crippen LogP contribution in [0, 0.1) is 5.82 Å². The quantitative estimate of drug-likeness (QED) is 0.323. The summed E-state index contributed by atoms with van der Waals surface area (Å²) in [6.07, 6.45) is 1.52. The molecule has 0 aromatic heterocycles. The number of methoxy groups -OCH3 is 1. The highest BCUT2D eigenvalue weighted by atomic mass is 35.5. The van der Waals surface area contributed by atoms with Crippen LogP contribution in [-0.2, 0) is 16.1 Å². The third-order valence-electron chi connectivity index (χ3n) is 4.65. The summed E-state index contributed by atoms with van der Waals surface area (Å²) in [6.45, 7) is 0.151. The van der Waals surface area contributed by atoms with Crippen molar-refractivity contribution in [3.8, 4) is 11.5 Å². The van der Waals surface area contributed by atoms with Crippen LogP contribution in [0.5, 0.6) is 11.5 Å². The SMILES string of the molecule is COc1cc(/C=C2/N=C(c3ccccc3F)OC2=O)ccc1OCc1c(Cl)cccc1Cl. The molecule has 0 amide bonds. The van der Waals surface area contributed by atoms with Gasteiger partial charge in [-0.3, -0.25) is 0 Å². The van der Waals surface area contributed by atoms with Crippen LogP contribution in [0.3, 0.4) is 0 Å². The molecule has 8 heteroatoms. The van der Waals surface area contributed by atoms with Crippen molar-refractivity contribution in [2.45, 2.75) is 6.61 Å². The van der Waals surface area contributed by atoms with Gasteiger partial charge in [0.25, 0.3) is 0 Å². The number of hydrogen-bond acceptors (Lipinski definition) is 5. The van der Waals surface area contributed by atoms with Gasteiger partial charge in [-0.2, -0.15) is 0 Å². The average Bonchev–Trinajstić information content (AvgIpc) is 3.14. The number of benzene rings is 3. The van der Waals surface area contributed by atoms with Gasteiger partial charge in [-0.05, 0) is 48.0 Å². The van der Waals surface area contributed by atoms with Gasteiger partial charge in [-0.1, -0.05) is 47.5 Å². The highest BCUT2D eigenvalue weighted by Crippen LogP contribution is 2.32. The number of nitrogens with zero attached hydrogens (tertiary/aromatic N) is 1. The largest absolute Gasteiger partial charge is 0.493 e. The van der Waals surface area contributed by atoms with Crippen molar-refractivity contribution in [2.75, 3.05) is 7.11 Å². The Morgan fingerprint density at radius 2 is 1.78 bits per heavy atom. The van der Waals surface area contributed by atoms with Crippen molar-refractivity contribution in [3.05, 3.63) is 98.9 Å². The second kappa shape index (κ2) is 9.42. The number of hydrogen-bond donors (Lipinski definition) is 0. The molecule has 0 radical (unpaired) electrons. The van der Waals surface area contributed by atoms with Crippen LogP contribution in [0.15, 0.2) is 71.4 Å². The minimum absolute atomic E-state index is 0.0434. The van der Waals surface area contributed by atoms with Gasteiger partial charge in [-0.15, -0.1) is 0 Å². The highest BCUT2D eigenvalue weighted by Gasteiger charge is 2.26. The number of cyclic esters (lactones) is 1. The lowest BCUT2D eigenvalue weighted by Gasteiger charge is -2.13. The summed E-state index contributed by atoms with van der Waals surface area (Å²) in [6, 6.07) is 16.3. The number of aliphatic imine (C=N–C) groups is 1. The molecule has 1 aliphatic heterocycles. The molecule has 5 nitrogen and oxygen atoms in total. The van der Waals surface area contributed by atoms with Gasteiger partial charge in [0, 0.05) is 15.6 Å². The molecule has 1 heterocycles. The number of rotatable bonds is 6. The minimum Gasteiger partial charge on any atom is -0.493 e. The summed E-state index contributed by atoms with van der Waals surface area (Å²) in [5.74, 6) is -0.372. The third kappa shape index (κ3) is 4.61. The van der Waals surface area contributed by atoms with Crippen molar-refractivity contribution in [3.63, 3.8) is 0 Å². The summed E-state index contributed by atoms with van der Waals surface area (Å²) in [5, 5.41) is 1.00. The molecule has 1 aliphatic rings. The van der Waals surface area contributed by atoms with Gasteiger partial charge < -0.3 is 14.2 Å². The standard InChI is InChI=1S/C24H16Cl2FNO4/c1-30-22-12-14(9-10-21(22)31-13-16-17(25)6-4-7-18(16)26)11-20-24(29)32-23(28-20)15-5-2-3-8-19(15)27/h2-12H,13H2,1H3/b20-11+. The number of ether oxygens (including phenoxy) is 3. The molecule has 3 aromatic rings. The van der Waals surface area contributed by atoms with E-state index in [1.165, 1.54) is 25.3 Å². The second-order valence-electron chi connectivity index (χ2n) is 6.72. The first-order chi connectivity index (χ1) is 15.5. The van der Waals surface area contributed by atoms with E-state index in [0.717, 1.165) is 0 Å². The van der Waals surface area contributed by atoms with Gasteiger partial charge in [0.15, 0.2) is 17.2 Å². The summed E-state index contributed by atoms with van der Waals surface area (Å²) in [7, 11) is 1.50. The zero-order valence-electron chi connectivity index (χ0n) is 16.8. The lowest BCUT2D eigenvalue weighted by Crippen LogP contribution is -2.07. The van der Waals surface area contributed by atoms with Crippen molar-refractivity contribution in [1.29, 1.82) is 0 Å². The van der Waals surface area contributed by atoms with E-state index in [4.69, 9.17) is 37.4 Å². The molecular formula is C24H16Cl2FNO4. The Labute approximate surface area is 193 Å². The summed E-state index contributed by atoms with van der Waals surface area (Å²) < 4.78 is 30.3. The minimum atomic E-state index is -0.670. The maximum atomic E-state index is 14.0. The summed E-state index contributed by atoms with van der Waals surface area (Å²) in [4.78, 5) is 16.3. The maximum Gasteiger partial charge on any atom is 0.363 e. The number of carbonyl (C=O) groups is 1. The average molecular weight is 472 g/mol. The molecule has 0 spiro atoms. The molecule has 162 valence electrons. The Morgan fingerprint density at radius 1 is 1.03 bits per heavy atom. The fourth-order valence-corrected chi connectivity index (χ4v) is 3.54. The molecule has 0 atom stereocenters. The van der Waals surface area contributed by atoms with Crippen LogP contribution in [0.4, 0.5) is 4.39 Å². The monoisotopic (exact) mass is 471 g/mol. The lowest BCUT2D eigenvalue weighted by molar-refractivity contribution is -0.129. The molecule has 0 saturated carbocycles. The second-order valence-corrected chi connectivity index (χ2v) is 7.53. The van der Waals surface area contributed by atoms with Crippen LogP contribution in [0.2, 0.25) is 10.0 Å². The van der Waals surface area contributed by atoms with Crippen molar-refractivity contribution < 1.29 is 23.4 Å². The molecule has 0 saturated heterocycles. The molecule has 0 N–H and O–H groups in total. The van der Waals surface area contributed by atoms with Gasteiger partial charge in [0.2, 0.25) is 5.90 Å². The Hall–Kier alpha value is -3.35. The summed E-state index contributed by atoms with van der Waals surface area (Å²) in [5.41, 5.74) is 1.44. The zero-order valence-corrected chi connectivity index (χ0v) is 18.3. The van der Waals surface area contributed by atoms with E-state index in [0.29, 0.717) is 32.7 Å². The number of esters is 1. The first-order valence-corrected chi connectivity index (χ1v) is 10.2. The van der Waals surface area contributed by atoms with Crippen molar-refractivity contribution in [1.82, 2.24) is 0 Å². The Kier molecular flexibility index (Phi) is 6.44. The molecule has 0 fully saturated rings. The van der Waals surface area contributed by atoms with Crippen LogP contribution < -0.4 is 9.47 Å². The molecule has 4 rings (SSSR count). The van der Waals surface area contributed by atoms with Gasteiger partial charge in [-0.25, -0.2) is 14.2 Å². The smallest absolute Gasteiger partial charge is 0.363 e. The first kappa shape index (κ1) is 21.9. The van der Waals surface area contributed by atoms with Crippen LogP contribution in [-0.4, -0.2) is 19.0 Å². The van der Waals surface area contributed by atoms with Gasteiger partial charge in [0.1, 0.15) is 12.4 Å². The normalized spacial score (nSPS) is 14.3. The van der Waals surface area contributed by atoms with Crippen LogP contribution in [0.1, 0.15) is 16.7 Å². The van der Waals surface area contributed by atoms with Crippen molar-refractivity contribution in [2.24, 2.45) is 4.99 Å². The fourth-order valence-electron chi connectivity index (χ4n) is 3.03. The van der Waals surface area contributed by atoms with E-state index < -0.39 is 11.8 Å². The van der Waals surface area contributed by atoms with Gasteiger partial charge in [0.05, 0.1) is 12.7 Å². The molecule has 0 aliphatic carbocycles. The third-order valence-corrected chi connectivity index (χ3v) is 5.36. The fraction of sp³-hybridized carbons (Fsp3) is 0.0833. The molecule has 3 aromatic carbocycles. The zero-order chi connectivity index (χ0) is 22.7. The van der Waals surface area contributed by atoms with E-state index in [1.54, 1.807) is 48.5 Å². The molecular weight excluding hydrogens is 456 g/mol. The number of halogens is 3. The van der Waals surface area contributed by atoms with Crippen molar-refractivity contribution >= 4 is 41.1 Å². The number of carbonyl (C=O) groups excluding carboxylic acids is 1. The lowest BCUT2D eigenvalue weighted by atomic mass is 10.1.